The molecule has 3 heteroatoms. The smallest absolute Gasteiger partial charge is 0.146 e. The third-order valence-corrected chi connectivity index (χ3v) is 4.05. The predicted molar refractivity (Wildman–Crippen MR) is 67.5 cm³/mol. The highest BCUT2D eigenvalue weighted by Crippen LogP contribution is 2.18. The average Bonchev–Trinajstić information content (AvgIpc) is 2.27. The van der Waals surface area contributed by atoms with Crippen molar-refractivity contribution < 1.29 is 4.79 Å². The summed E-state index contributed by atoms with van der Waals surface area (Å²) in [4.78, 5) is 13.9. The van der Waals surface area contributed by atoms with Gasteiger partial charge in [-0.1, -0.05) is 29.3 Å². The predicted octanol–water partition coefficient (Wildman–Crippen LogP) is 2.85. The largest absolute Gasteiger partial charge is 0.298 e. The summed E-state index contributed by atoms with van der Waals surface area (Å²) in [6.45, 7) is 5.03. The van der Waals surface area contributed by atoms with Gasteiger partial charge in [0.25, 0.3) is 0 Å². The Morgan fingerprint density at radius 2 is 2.07 bits per heavy atom. The SMILES string of the molecule is CCCCC(=O)CN1CCC(CBr)CC1. The standard InChI is InChI=1S/C12H22BrNO/c1-2-3-4-12(15)10-14-7-5-11(9-13)6-8-14/h11H,2-10H2,1H3. The van der Waals surface area contributed by atoms with Crippen molar-refractivity contribution in [2.45, 2.75) is 39.0 Å². The number of ketones is 1. The van der Waals surface area contributed by atoms with E-state index in [1.165, 1.54) is 12.8 Å². The zero-order valence-corrected chi connectivity index (χ0v) is 11.3. The summed E-state index contributed by atoms with van der Waals surface area (Å²) in [7, 11) is 0. The quantitative estimate of drug-likeness (QED) is 0.695. The summed E-state index contributed by atoms with van der Waals surface area (Å²) in [5.41, 5.74) is 0. The maximum atomic E-state index is 11.6. The van der Waals surface area contributed by atoms with Gasteiger partial charge in [0.1, 0.15) is 5.78 Å². The molecule has 88 valence electrons. The molecule has 1 fully saturated rings. The maximum Gasteiger partial charge on any atom is 0.146 e. The van der Waals surface area contributed by atoms with Crippen LogP contribution in [0.15, 0.2) is 0 Å². The van der Waals surface area contributed by atoms with Crippen LogP contribution in [0.3, 0.4) is 0 Å². The lowest BCUT2D eigenvalue weighted by molar-refractivity contribution is -0.120. The van der Waals surface area contributed by atoms with E-state index in [1.54, 1.807) is 0 Å². The molecule has 0 aromatic rings. The van der Waals surface area contributed by atoms with Crippen molar-refractivity contribution in [3.63, 3.8) is 0 Å². The Balaban J connectivity index is 2.15. The number of Topliss-reactive ketones (excluding diaryl/α,β-unsaturated/α-hetero) is 1. The maximum absolute atomic E-state index is 11.6. The van der Waals surface area contributed by atoms with Crippen LogP contribution >= 0.6 is 15.9 Å². The van der Waals surface area contributed by atoms with Crippen molar-refractivity contribution in [3.8, 4) is 0 Å². The molecule has 0 aromatic carbocycles. The third-order valence-electron chi connectivity index (χ3n) is 3.13. The second-order valence-corrected chi connectivity index (χ2v) is 5.16. The van der Waals surface area contributed by atoms with Crippen LogP contribution < -0.4 is 0 Å². The fraction of sp³-hybridized carbons (Fsp3) is 0.917. The van der Waals surface area contributed by atoms with Crippen LogP contribution in [0.5, 0.6) is 0 Å². The number of nitrogens with zero attached hydrogens (tertiary/aromatic N) is 1. The number of piperidine rings is 1. The van der Waals surface area contributed by atoms with Gasteiger partial charge in [0, 0.05) is 11.8 Å². The Morgan fingerprint density at radius 3 is 2.60 bits per heavy atom. The number of hydrogen-bond acceptors (Lipinski definition) is 2. The van der Waals surface area contributed by atoms with Gasteiger partial charge in [0.2, 0.25) is 0 Å². The molecule has 1 rings (SSSR count). The summed E-state index contributed by atoms with van der Waals surface area (Å²) in [6.07, 6.45) is 5.43. The molecule has 1 aliphatic heterocycles. The van der Waals surface area contributed by atoms with E-state index in [-0.39, 0.29) is 0 Å². The molecule has 0 saturated carbocycles. The Morgan fingerprint density at radius 1 is 1.40 bits per heavy atom. The molecule has 15 heavy (non-hydrogen) atoms. The van der Waals surface area contributed by atoms with Crippen LogP contribution in [-0.4, -0.2) is 35.6 Å². The van der Waals surface area contributed by atoms with Gasteiger partial charge in [-0.05, 0) is 38.3 Å². The first-order valence-electron chi connectivity index (χ1n) is 6.06. The molecule has 0 spiro atoms. The van der Waals surface area contributed by atoms with Gasteiger partial charge in [0.15, 0.2) is 0 Å². The van der Waals surface area contributed by atoms with E-state index in [0.717, 1.165) is 43.6 Å². The van der Waals surface area contributed by atoms with Gasteiger partial charge in [0.05, 0.1) is 6.54 Å². The van der Waals surface area contributed by atoms with E-state index in [0.29, 0.717) is 12.3 Å². The van der Waals surface area contributed by atoms with E-state index in [9.17, 15) is 4.79 Å². The summed E-state index contributed by atoms with van der Waals surface area (Å²) in [5, 5.41) is 1.12. The van der Waals surface area contributed by atoms with Gasteiger partial charge >= 0.3 is 0 Å². The molecule has 1 saturated heterocycles. The van der Waals surface area contributed by atoms with Crippen LogP contribution in [0.1, 0.15) is 39.0 Å². The Kier molecular flexibility index (Phi) is 6.50. The molecular formula is C12H22BrNO. The third kappa shape index (κ3) is 5.12. The first-order valence-corrected chi connectivity index (χ1v) is 7.18. The molecule has 0 bridgehead atoms. The van der Waals surface area contributed by atoms with Crippen molar-refractivity contribution in [3.05, 3.63) is 0 Å². The number of carbonyl (C=O) groups is 1. The highest BCUT2D eigenvalue weighted by molar-refractivity contribution is 9.09. The van der Waals surface area contributed by atoms with Crippen molar-refractivity contribution in [1.82, 2.24) is 4.90 Å². The molecule has 0 N–H and O–H groups in total. The second kappa shape index (κ2) is 7.39. The van der Waals surface area contributed by atoms with Crippen LogP contribution in [0.25, 0.3) is 0 Å². The number of likely N-dealkylation sites (tertiary alicyclic amines) is 1. The molecule has 0 aromatic heterocycles. The second-order valence-electron chi connectivity index (χ2n) is 4.52. The Hall–Kier alpha value is 0.110. The lowest BCUT2D eigenvalue weighted by Gasteiger charge is -2.30. The molecule has 0 amide bonds. The van der Waals surface area contributed by atoms with Crippen molar-refractivity contribution in [1.29, 1.82) is 0 Å². The van der Waals surface area contributed by atoms with E-state index in [2.05, 4.69) is 27.8 Å². The normalized spacial score (nSPS) is 19.3. The minimum atomic E-state index is 0.425. The summed E-state index contributed by atoms with van der Waals surface area (Å²) in [6, 6.07) is 0. The first kappa shape index (κ1) is 13.2. The molecule has 0 atom stereocenters. The molecule has 0 aliphatic carbocycles. The average molecular weight is 276 g/mol. The van der Waals surface area contributed by atoms with Gasteiger partial charge in [-0.15, -0.1) is 0 Å². The van der Waals surface area contributed by atoms with Gasteiger partial charge < -0.3 is 0 Å². The number of alkyl halides is 1. The lowest BCUT2D eigenvalue weighted by atomic mass is 9.99. The van der Waals surface area contributed by atoms with Crippen LogP contribution in [-0.2, 0) is 4.79 Å². The highest BCUT2D eigenvalue weighted by Gasteiger charge is 2.19. The van der Waals surface area contributed by atoms with E-state index in [4.69, 9.17) is 0 Å². The Bertz CT molecular complexity index is 188. The number of unbranched alkanes of at least 4 members (excludes halogenated alkanes) is 1. The minimum Gasteiger partial charge on any atom is -0.298 e. The van der Waals surface area contributed by atoms with Crippen LogP contribution in [0.4, 0.5) is 0 Å². The van der Waals surface area contributed by atoms with Gasteiger partial charge in [-0.25, -0.2) is 0 Å². The van der Waals surface area contributed by atoms with Crippen molar-refractivity contribution in [2.24, 2.45) is 5.92 Å². The van der Waals surface area contributed by atoms with Crippen molar-refractivity contribution >= 4 is 21.7 Å². The Labute approximate surface area is 102 Å². The number of hydrogen-bond donors (Lipinski definition) is 0. The number of halogens is 1. The molecular weight excluding hydrogens is 254 g/mol. The first-order chi connectivity index (χ1) is 7.26. The summed E-state index contributed by atoms with van der Waals surface area (Å²) in [5.74, 6) is 1.25. The van der Waals surface area contributed by atoms with E-state index in [1.807, 2.05) is 0 Å². The van der Waals surface area contributed by atoms with Gasteiger partial charge in [-0.2, -0.15) is 0 Å². The number of carbonyl (C=O) groups excluding carboxylic acids is 1. The molecule has 2 nitrogen and oxygen atoms in total. The van der Waals surface area contributed by atoms with Gasteiger partial charge in [-0.3, -0.25) is 9.69 Å². The molecule has 0 radical (unpaired) electrons. The van der Waals surface area contributed by atoms with E-state index < -0.39 is 0 Å². The zero-order valence-electron chi connectivity index (χ0n) is 9.67. The molecule has 0 unspecified atom stereocenters. The van der Waals surface area contributed by atoms with Crippen LogP contribution in [0.2, 0.25) is 0 Å². The highest BCUT2D eigenvalue weighted by atomic mass is 79.9. The minimum absolute atomic E-state index is 0.425. The van der Waals surface area contributed by atoms with Crippen LogP contribution in [0, 0.1) is 5.92 Å². The summed E-state index contributed by atoms with van der Waals surface area (Å²) >= 11 is 3.53. The number of rotatable bonds is 6. The monoisotopic (exact) mass is 275 g/mol. The lowest BCUT2D eigenvalue weighted by Crippen LogP contribution is -2.37. The summed E-state index contributed by atoms with van der Waals surface area (Å²) < 4.78 is 0. The van der Waals surface area contributed by atoms with E-state index >= 15 is 0 Å². The molecule has 1 heterocycles. The molecule has 1 aliphatic rings. The van der Waals surface area contributed by atoms with Crippen molar-refractivity contribution in [2.75, 3.05) is 25.0 Å². The fourth-order valence-corrected chi connectivity index (χ4v) is 2.65. The zero-order chi connectivity index (χ0) is 11.1. The topological polar surface area (TPSA) is 20.3 Å². The fourth-order valence-electron chi connectivity index (χ4n) is 2.00.